The standard InChI is InChI=1S/C19H33NO2/c1-15(2,3)20-13(14(21)22)19-10-16(4)7-17(5,11-19)9-18(6,8-16)12-19/h13,20H,7-12H2,1-6H3,(H,21,22)/t13-,16?,17?,18?,19?/m1/s1. The van der Waals surface area contributed by atoms with Crippen LogP contribution in [0.4, 0.5) is 0 Å². The van der Waals surface area contributed by atoms with E-state index in [4.69, 9.17) is 0 Å². The van der Waals surface area contributed by atoms with E-state index >= 15 is 0 Å². The number of hydrogen-bond acceptors (Lipinski definition) is 2. The Labute approximate surface area is 135 Å². The van der Waals surface area contributed by atoms with Crippen LogP contribution in [-0.2, 0) is 4.79 Å². The van der Waals surface area contributed by atoms with Gasteiger partial charge in [0.25, 0.3) is 0 Å². The smallest absolute Gasteiger partial charge is 0.321 e. The summed E-state index contributed by atoms with van der Waals surface area (Å²) in [6.45, 7) is 13.5. The van der Waals surface area contributed by atoms with Crippen molar-refractivity contribution in [1.82, 2.24) is 5.32 Å². The third kappa shape index (κ3) is 2.60. The van der Waals surface area contributed by atoms with Gasteiger partial charge in [0.2, 0.25) is 0 Å². The molecule has 2 N–H and O–H groups in total. The summed E-state index contributed by atoms with van der Waals surface area (Å²) in [5, 5.41) is 13.5. The van der Waals surface area contributed by atoms with Crippen LogP contribution >= 0.6 is 0 Å². The second-order valence-electron chi connectivity index (χ2n) is 11.0. The Morgan fingerprint density at radius 1 is 0.909 bits per heavy atom. The maximum Gasteiger partial charge on any atom is 0.321 e. The van der Waals surface area contributed by atoms with Crippen LogP contribution in [0.15, 0.2) is 0 Å². The molecule has 0 spiro atoms. The maximum atomic E-state index is 12.1. The van der Waals surface area contributed by atoms with Crippen LogP contribution in [-0.4, -0.2) is 22.7 Å². The lowest BCUT2D eigenvalue weighted by atomic mass is 9.35. The van der Waals surface area contributed by atoms with Crippen LogP contribution in [0, 0.1) is 21.7 Å². The number of carboxylic acid groups (broad SMARTS) is 1. The monoisotopic (exact) mass is 307 g/mol. The van der Waals surface area contributed by atoms with E-state index in [1.54, 1.807) is 0 Å². The molecule has 0 aliphatic heterocycles. The molecule has 4 bridgehead atoms. The number of hydrogen-bond donors (Lipinski definition) is 2. The minimum Gasteiger partial charge on any atom is -0.480 e. The van der Waals surface area contributed by atoms with Crippen LogP contribution < -0.4 is 5.32 Å². The van der Waals surface area contributed by atoms with E-state index in [1.807, 2.05) is 0 Å². The predicted octanol–water partition coefficient (Wildman–Crippen LogP) is 4.21. The number of carbonyl (C=O) groups is 1. The summed E-state index contributed by atoms with van der Waals surface area (Å²) in [7, 11) is 0. The van der Waals surface area contributed by atoms with E-state index in [1.165, 1.54) is 19.3 Å². The van der Waals surface area contributed by atoms with Gasteiger partial charge in [0, 0.05) is 5.54 Å². The molecule has 4 aliphatic rings. The Morgan fingerprint density at radius 2 is 1.27 bits per heavy atom. The van der Waals surface area contributed by atoms with Gasteiger partial charge in [0.1, 0.15) is 6.04 Å². The first-order valence-corrected chi connectivity index (χ1v) is 8.79. The molecule has 4 rings (SSSR count). The molecule has 0 amide bonds. The number of nitrogens with one attached hydrogen (secondary N) is 1. The number of carboxylic acids is 1. The van der Waals surface area contributed by atoms with Crippen molar-refractivity contribution in [1.29, 1.82) is 0 Å². The Balaban J connectivity index is 2.02. The lowest BCUT2D eigenvalue weighted by Crippen LogP contribution is -2.67. The van der Waals surface area contributed by atoms with Gasteiger partial charge in [-0.15, -0.1) is 0 Å². The molecule has 0 aromatic rings. The van der Waals surface area contributed by atoms with E-state index in [-0.39, 0.29) is 11.0 Å². The van der Waals surface area contributed by atoms with Crippen LogP contribution in [0.1, 0.15) is 80.1 Å². The highest BCUT2D eigenvalue weighted by Crippen LogP contribution is 2.74. The largest absolute Gasteiger partial charge is 0.480 e. The van der Waals surface area contributed by atoms with E-state index < -0.39 is 12.0 Å². The molecule has 0 aromatic carbocycles. The molecule has 0 saturated heterocycles. The van der Waals surface area contributed by atoms with Gasteiger partial charge in [-0.2, -0.15) is 0 Å². The fourth-order valence-corrected chi connectivity index (χ4v) is 7.61. The molecule has 0 aromatic heterocycles. The Morgan fingerprint density at radius 3 is 1.55 bits per heavy atom. The summed E-state index contributed by atoms with van der Waals surface area (Å²) >= 11 is 0. The zero-order valence-corrected chi connectivity index (χ0v) is 15.2. The van der Waals surface area contributed by atoms with Gasteiger partial charge >= 0.3 is 5.97 Å². The van der Waals surface area contributed by atoms with Crippen molar-refractivity contribution in [2.24, 2.45) is 21.7 Å². The zero-order chi connectivity index (χ0) is 16.6. The van der Waals surface area contributed by atoms with Crippen molar-refractivity contribution in [2.45, 2.75) is 91.6 Å². The first-order chi connectivity index (χ1) is 9.78. The summed E-state index contributed by atoms with van der Waals surface area (Å²) in [6.07, 6.45) is 7.05. The van der Waals surface area contributed by atoms with Crippen molar-refractivity contribution in [3.05, 3.63) is 0 Å². The second kappa shape index (κ2) is 4.28. The number of aliphatic carboxylic acids is 1. The summed E-state index contributed by atoms with van der Waals surface area (Å²) in [5.74, 6) is -0.660. The van der Waals surface area contributed by atoms with Crippen LogP contribution in [0.2, 0.25) is 0 Å². The SMILES string of the molecule is CC12CC3(C)CC(C)(C1)CC([C@H](NC(C)(C)C)C(=O)O)(C2)C3. The average molecular weight is 307 g/mol. The van der Waals surface area contributed by atoms with Gasteiger partial charge < -0.3 is 5.11 Å². The predicted molar refractivity (Wildman–Crippen MR) is 88.8 cm³/mol. The van der Waals surface area contributed by atoms with Crippen molar-refractivity contribution in [3.63, 3.8) is 0 Å². The minimum atomic E-state index is -0.660. The molecule has 0 heterocycles. The molecular weight excluding hydrogens is 274 g/mol. The highest BCUT2D eigenvalue weighted by molar-refractivity contribution is 5.75. The van der Waals surface area contributed by atoms with Gasteiger partial charge in [0.15, 0.2) is 0 Å². The quantitative estimate of drug-likeness (QED) is 0.821. The van der Waals surface area contributed by atoms with Gasteiger partial charge in [-0.1, -0.05) is 20.8 Å². The Kier molecular flexibility index (Phi) is 3.17. The lowest BCUT2D eigenvalue weighted by molar-refractivity contribution is -0.201. The Hall–Kier alpha value is -0.570. The molecule has 4 aliphatic carbocycles. The normalized spacial score (nSPS) is 48.5. The van der Waals surface area contributed by atoms with Crippen LogP contribution in [0.5, 0.6) is 0 Å². The molecule has 0 radical (unpaired) electrons. The van der Waals surface area contributed by atoms with Gasteiger partial charge in [-0.25, -0.2) is 0 Å². The molecule has 0 unspecified atom stereocenters. The topological polar surface area (TPSA) is 49.3 Å². The molecule has 1 atom stereocenters. The molecule has 4 fully saturated rings. The molecule has 3 heteroatoms. The van der Waals surface area contributed by atoms with Crippen molar-refractivity contribution in [3.8, 4) is 0 Å². The van der Waals surface area contributed by atoms with E-state index in [2.05, 4.69) is 46.9 Å². The third-order valence-electron chi connectivity index (χ3n) is 6.33. The summed E-state index contributed by atoms with van der Waals surface area (Å²) < 4.78 is 0. The van der Waals surface area contributed by atoms with Gasteiger partial charge in [0.05, 0.1) is 0 Å². The summed E-state index contributed by atoms with van der Waals surface area (Å²) in [5.41, 5.74) is 0.726. The average Bonchev–Trinajstić information content (AvgIpc) is 2.16. The fraction of sp³-hybridized carbons (Fsp3) is 0.947. The van der Waals surface area contributed by atoms with Gasteiger partial charge in [-0.05, 0) is 81.0 Å². The first kappa shape index (κ1) is 16.3. The van der Waals surface area contributed by atoms with Crippen LogP contribution in [0.25, 0.3) is 0 Å². The fourth-order valence-electron chi connectivity index (χ4n) is 7.61. The van der Waals surface area contributed by atoms with E-state index in [9.17, 15) is 9.90 Å². The highest BCUT2D eigenvalue weighted by atomic mass is 16.4. The van der Waals surface area contributed by atoms with E-state index in [0.717, 1.165) is 19.3 Å². The summed E-state index contributed by atoms with van der Waals surface area (Å²) in [4.78, 5) is 12.1. The first-order valence-electron chi connectivity index (χ1n) is 8.79. The Bertz CT molecular complexity index is 451. The van der Waals surface area contributed by atoms with Crippen molar-refractivity contribution in [2.75, 3.05) is 0 Å². The van der Waals surface area contributed by atoms with Crippen molar-refractivity contribution >= 4 is 5.97 Å². The molecular formula is C19H33NO2. The zero-order valence-electron chi connectivity index (χ0n) is 15.2. The van der Waals surface area contributed by atoms with Crippen molar-refractivity contribution < 1.29 is 9.90 Å². The summed E-state index contributed by atoms with van der Waals surface area (Å²) in [6, 6.07) is -0.425. The van der Waals surface area contributed by atoms with Gasteiger partial charge in [-0.3, -0.25) is 10.1 Å². The highest BCUT2D eigenvalue weighted by Gasteiger charge is 2.66. The molecule has 4 saturated carbocycles. The number of rotatable bonds is 3. The molecule has 3 nitrogen and oxygen atoms in total. The third-order valence-corrected chi connectivity index (χ3v) is 6.33. The lowest BCUT2D eigenvalue weighted by Gasteiger charge is -2.70. The molecule has 22 heavy (non-hydrogen) atoms. The second-order valence-corrected chi connectivity index (χ2v) is 11.0. The molecule has 126 valence electrons. The van der Waals surface area contributed by atoms with E-state index in [0.29, 0.717) is 16.2 Å². The maximum absolute atomic E-state index is 12.1. The van der Waals surface area contributed by atoms with Crippen LogP contribution in [0.3, 0.4) is 0 Å². The minimum absolute atomic E-state index is 0.0773.